The van der Waals surface area contributed by atoms with Crippen molar-refractivity contribution in [3.05, 3.63) is 41.9 Å². The Morgan fingerprint density at radius 1 is 1.41 bits per heavy atom. The zero-order chi connectivity index (χ0) is 22.8. The molecule has 4 heterocycles. The van der Waals surface area contributed by atoms with E-state index in [-0.39, 0.29) is 17.4 Å². The molecule has 0 spiro atoms. The van der Waals surface area contributed by atoms with Gasteiger partial charge in [0.2, 0.25) is 5.88 Å². The topological polar surface area (TPSA) is 144 Å². The Morgan fingerprint density at radius 2 is 2.22 bits per heavy atom. The number of nitrogens with two attached hydrogens (primary N) is 2. The highest BCUT2D eigenvalue weighted by Gasteiger charge is 2.32. The van der Waals surface area contributed by atoms with E-state index < -0.39 is 24.7 Å². The third-order valence-electron chi connectivity index (χ3n) is 5.79. The van der Waals surface area contributed by atoms with Gasteiger partial charge in [-0.25, -0.2) is 0 Å². The van der Waals surface area contributed by atoms with Crippen LogP contribution in [0.3, 0.4) is 0 Å². The van der Waals surface area contributed by atoms with E-state index in [0.717, 1.165) is 11.3 Å². The van der Waals surface area contributed by atoms with Crippen molar-refractivity contribution in [1.82, 2.24) is 9.97 Å². The first kappa shape index (κ1) is 22.0. The lowest BCUT2D eigenvalue weighted by Crippen LogP contribution is -2.55. The van der Waals surface area contributed by atoms with E-state index in [9.17, 15) is 14.3 Å². The van der Waals surface area contributed by atoms with Crippen LogP contribution in [0.1, 0.15) is 29.3 Å². The lowest BCUT2D eigenvalue weighted by molar-refractivity contribution is 0.0785. The van der Waals surface area contributed by atoms with Crippen LogP contribution in [0.2, 0.25) is 0 Å². The third-order valence-corrected chi connectivity index (χ3v) is 5.79. The second-order valence-electron chi connectivity index (χ2n) is 8.21. The number of nitrogens with one attached hydrogen (secondary N) is 1. The molecular formula is C22H27FN6O3. The van der Waals surface area contributed by atoms with Crippen molar-refractivity contribution < 1.29 is 18.7 Å². The number of aliphatic hydroxyl groups excluding tert-OH is 1. The van der Waals surface area contributed by atoms with Gasteiger partial charge < -0.3 is 31.2 Å². The lowest BCUT2D eigenvalue weighted by Gasteiger charge is -2.40. The molecule has 0 bridgehead atoms. The Balaban J connectivity index is 1.60. The maximum Gasteiger partial charge on any atom is 0.263 e. The van der Waals surface area contributed by atoms with Gasteiger partial charge in [0, 0.05) is 37.4 Å². The van der Waals surface area contributed by atoms with E-state index in [0.29, 0.717) is 42.7 Å². The normalized spacial score (nSPS) is 21.1. The van der Waals surface area contributed by atoms with Gasteiger partial charge in [-0.3, -0.25) is 19.2 Å². The summed E-state index contributed by atoms with van der Waals surface area (Å²) < 4.78 is 18.0. The maximum atomic E-state index is 13.1. The van der Waals surface area contributed by atoms with Crippen LogP contribution in [-0.4, -0.2) is 52.9 Å². The van der Waals surface area contributed by atoms with E-state index in [1.54, 1.807) is 30.7 Å². The summed E-state index contributed by atoms with van der Waals surface area (Å²) in [6, 6.07) is 3.11. The summed E-state index contributed by atoms with van der Waals surface area (Å²) in [6.07, 6.45) is 5.11. The highest BCUT2D eigenvalue weighted by molar-refractivity contribution is 6.15. The van der Waals surface area contributed by atoms with Crippen LogP contribution < -0.4 is 21.7 Å². The molecule has 1 saturated heterocycles. The Labute approximate surface area is 184 Å². The molecule has 4 rings (SSSR count). The molecule has 10 heteroatoms. The summed E-state index contributed by atoms with van der Waals surface area (Å²) in [7, 11) is 0. The fourth-order valence-electron chi connectivity index (χ4n) is 4.12. The van der Waals surface area contributed by atoms with Crippen molar-refractivity contribution in [2.75, 3.05) is 35.7 Å². The first-order valence-corrected chi connectivity index (χ1v) is 10.6. The van der Waals surface area contributed by atoms with Gasteiger partial charge in [0.1, 0.15) is 11.1 Å². The van der Waals surface area contributed by atoms with Crippen LogP contribution in [0.25, 0.3) is 11.1 Å². The number of nitrogens with zero attached hydrogens (tertiary/aromatic N) is 3. The number of pyridine rings is 2. The first-order valence-electron chi connectivity index (χ1n) is 10.6. The molecule has 170 valence electrons. The number of alkyl halides is 1. The number of anilines is 3. The zero-order valence-electron chi connectivity index (χ0n) is 17.8. The molecular weight excluding hydrogens is 415 g/mol. The van der Waals surface area contributed by atoms with Crippen LogP contribution in [-0.2, 0) is 6.42 Å². The number of furan rings is 1. The molecule has 3 aromatic rings. The highest BCUT2D eigenvalue weighted by Crippen LogP contribution is 2.32. The van der Waals surface area contributed by atoms with Crippen molar-refractivity contribution >= 4 is 34.3 Å². The van der Waals surface area contributed by atoms with E-state index in [4.69, 9.17) is 15.9 Å². The number of fused-ring (bicyclic) bond motifs is 1. The van der Waals surface area contributed by atoms with Gasteiger partial charge in [-0.1, -0.05) is 6.92 Å². The number of aliphatic hydroxyl groups is 1. The van der Waals surface area contributed by atoms with Crippen LogP contribution in [0, 0.1) is 5.92 Å². The van der Waals surface area contributed by atoms with Gasteiger partial charge in [-0.2, -0.15) is 0 Å². The third kappa shape index (κ3) is 4.23. The van der Waals surface area contributed by atoms with Crippen LogP contribution in [0.15, 0.2) is 35.1 Å². The fraction of sp³-hybridized carbons (Fsp3) is 0.409. The summed E-state index contributed by atoms with van der Waals surface area (Å²) in [5.41, 5.74) is 15.0. The Bertz CT molecular complexity index is 1110. The van der Waals surface area contributed by atoms with Gasteiger partial charge in [0.15, 0.2) is 5.58 Å². The smallest absolute Gasteiger partial charge is 0.263 e. The van der Waals surface area contributed by atoms with Crippen LogP contribution in [0.4, 0.5) is 21.6 Å². The molecule has 3 aromatic heterocycles. The predicted octanol–water partition coefficient (Wildman–Crippen LogP) is 2.10. The number of halogens is 1. The summed E-state index contributed by atoms with van der Waals surface area (Å²) in [4.78, 5) is 23.6. The minimum atomic E-state index is -0.580. The maximum absolute atomic E-state index is 13.1. The number of hydrogen-bond acceptors (Lipinski definition) is 8. The van der Waals surface area contributed by atoms with Crippen LogP contribution >= 0.6 is 0 Å². The standard InChI is InChI=1S/C22H27FN6O3/c1-12-10-29(11-14(24)20(12)30)16-4-6-26-9-15(16)28-22(31)18-19-17(32-21(18)25)7-13(8-27-19)3-2-5-23/h4,6-9,12,14,20,30H,2-3,5,10-11,24-25H2,1H3,(H,28,31)/t12?,14-,20+/m0/s1. The van der Waals surface area contributed by atoms with Gasteiger partial charge in [0.25, 0.3) is 5.91 Å². The molecule has 1 aliphatic heterocycles. The molecule has 0 saturated carbocycles. The van der Waals surface area contributed by atoms with E-state index in [1.807, 2.05) is 11.8 Å². The Morgan fingerprint density at radius 3 is 2.97 bits per heavy atom. The van der Waals surface area contributed by atoms with Crippen molar-refractivity contribution in [3.63, 3.8) is 0 Å². The molecule has 3 atom stereocenters. The number of hydrogen-bond donors (Lipinski definition) is 4. The minimum Gasteiger partial charge on any atom is -0.438 e. The molecule has 32 heavy (non-hydrogen) atoms. The number of aromatic nitrogens is 2. The average Bonchev–Trinajstić information content (AvgIpc) is 3.11. The molecule has 0 aliphatic carbocycles. The monoisotopic (exact) mass is 442 g/mol. The van der Waals surface area contributed by atoms with E-state index in [2.05, 4.69) is 15.3 Å². The zero-order valence-corrected chi connectivity index (χ0v) is 17.8. The second kappa shape index (κ2) is 9.09. The summed E-state index contributed by atoms with van der Waals surface area (Å²) in [5, 5.41) is 13.0. The molecule has 0 radical (unpaired) electrons. The molecule has 6 N–H and O–H groups in total. The van der Waals surface area contributed by atoms with E-state index in [1.165, 1.54) is 0 Å². The lowest BCUT2D eigenvalue weighted by atomic mass is 9.92. The first-order chi connectivity index (χ1) is 15.4. The molecule has 9 nitrogen and oxygen atoms in total. The van der Waals surface area contributed by atoms with Crippen molar-refractivity contribution in [2.24, 2.45) is 11.7 Å². The van der Waals surface area contributed by atoms with Crippen molar-refractivity contribution in [3.8, 4) is 0 Å². The SMILES string of the molecule is CC1CN(c2ccncc2NC(=O)c2c(N)oc3cc(CCCF)cnc23)C[C@H](N)[C@@H]1O. The number of amides is 1. The fourth-order valence-corrected chi connectivity index (χ4v) is 4.12. The Hall–Kier alpha value is -3.24. The number of nitrogen functional groups attached to an aromatic ring is 1. The molecule has 0 aromatic carbocycles. The molecule has 1 aliphatic rings. The highest BCUT2D eigenvalue weighted by atomic mass is 19.1. The summed E-state index contributed by atoms with van der Waals surface area (Å²) in [5.74, 6) is -0.552. The Kier molecular flexibility index (Phi) is 6.24. The summed E-state index contributed by atoms with van der Waals surface area (Å²) in [6.45, 7) is 2.54. The minimum absolute atomic E-state index is 0.0280. The van der Waals surface area contributed by atoms with Gasteiger partial charge in [-0.05, 0) is 30.5 Å². The quantitative estimate of drug-likeness (QED) is 0.454. The number of piperidine rings is 1. The largest absolute Gasteiger partial charge is 0.438 e. The summed E-state index contributed by atoms with van der Waals surface area (Å²) >= 11 is 0. The van der Waals surface area contributed by atoms with Gasteiger partial charge >= 0.3 is 0 Å². The molecule has 1 unspecified atom stereocenters. The molecule has 1 fully saturated rings. The number of rotatable bonds is 6. The predicted molar refractivity (Wildman–Crippen MR) is 120 cm³/mol. The van der Waals surface area contributed by atoms with Crippen molar-refractivity contribution in [1.29, 1.82) is 0 Å². The second-order valence-corrected chi connectivity index (χ2v) is 8.21. The van der Waals surface area contributed by atoms with Crippen molar-refractivity contribution in [2.45, 2.75) is 31.9 Å². The number of carbonyl (C=O) groups is 1. The van der Waals surface area contributed by atoms with E-state index >= 15 is 0 Å². The number of carbonyl (C=O) groups excluding carboxylic acids is 1. The average molecular weight is 442 g/mol. The van der Waals surface area contributed by atoms with Gasteiger partial charge in [0.05, 0.1) is 30.4 Å². The van der Waals surface area contributed by atoms with Gasteiger partial charge in [-0.15, -0.1) is 0 Å². The number of aryl methyl sites for hydroxylation is 1. The molecule has 1 amide bonds. The van der Waals surface area contributed by atoms with Crippen LogP contribution in [0.5, 0.6) is 0 Å².